The summed E-state index contributed by atoms with van der Waals surface area (Å²) in [6.45, 7) is 0. The first-order valence-corrected chi connectivity index (χ1v) is 7.44. The van der Waals surface area contributed by atoms with Gasteiger partial charge in [0.15, 0.2) is 5.13 Å². The molecule has 0 aliphatic heterocycles. The fourth-order valence-electron chi connectivity index (χ4n) is 1.81. The van der Waals surface area contributed by atoms with Crippen molar-refractivity contribution < 1.29 is 9.18 Å². The van der Waals surface area contributed by atoms with Crippen molar-refractivity contribution in [3.63, 3.8) is 0 Å². The number of hydrogen-bond donors (Lipinski definition) is 1. The third kappa shape index (κ3) is 2.72. The minimum atomic E-state index is -0.591. The molecule has 3 aromatic rings. The normalized spacial score (nSPS) is 10.8. The standard InChI is InChI=1S/C14H7Cl2FN2OS/c15-8-5-6-9(16)12-11(8)18-14(21-12)19-13(20)7-3-1-2-4-10(7)17/h1-6H,(H,18,19,20). The first-order valence-electron chi connectivity index (χ1n) is 5.86. The van der Waals surface area contributed by atoms with E-state index in [4.69, 9.17) is 23.2 Å². The molecule has 1 N–H and O–H groups in total. The number of hydrogen-bond acceptors (Lipinski definition) is 3. The Morgan fingerprint density at radius 3 is 2.57 bits per heavy atom. The molecule has 3 nitrogen and oxygen atoms in total. The van der Waals surface area contributed by atoms with Gasteiger partial charge in [-0.2, -0.15) is 0 Å². The van der Waals surface area contributed by atoms with Gasteiger partial charge in [-0.25, -0.2) is 9.37 Å². The van der Waals surface area contributed by atoms with Gasteiger partial charge in [-0.3, -0.25) is 10.1 Å². The average molecular weight is 341 g/mol. The Morgan fingerprint density at radius 2 is 1.86 bits per heavy atom. The van der Waals surface area contributed by atoms with E-state index in [0.29, 0.717) is 25.4 Å². The Balaban J connectivity index is 1.96. The highest BCUT2D eigenvalue weighted by molar-refractivity contribution is 7.23. The maximum Gasteiger partial charge on any atom is 0.260 e. The van der Waals surface area contributed by atoms with Crippen LogP contribution in [0, 0.1) is 5.82 Å². The third-order valence-electron chi connectivity index (χ3n) is 2.79. The van der Waals surface area contributed by atoms with E-state index in [0.717, 1.165) is 0 Å². The van der Waals surface area contributed by atoms with E-state index >= 15 is 0 Å². The number of anilines is 1. The van der Waals surface area contributed by atoms with E-state index in [-0.39, 0.29) is 5.56 Å². The molecule has 7 heteroatoms. The minimum Gasteiger partial charge on any atom is -0.298 e. The highest BCUT2D eigenvalue weighted by Crippen LogP contribution is 2.36. The lowest BCUT2D eigenvalue weighted by Gasteiger charge is -2.02. The van der Waals surface area contributed by atoms with Gasteiger partial charge in [0.05, 0.1) is 20.3 Å². The molecule has 0 fully saturated rings. The van der Waals surface area contributed by atoms with Gasteiger partial charge >= 0.3 is 0 Å². The maximum atomic E-state index is 13.6. The van der Waals surface area contributed by atoms with Crippen molar-refractivity contribution in [1.29, 1.82) is 0 Å². The molecule has 0 radical (unpaired) electrons. The Hall–Kier alpha value is -1.69. The van der Waals surface area contributed by atoms with Crippen molar-refractivity contribution in [3.05, 3.63) is 57.8 Å². The van der Waals surface area contributed by atoms with Gasteiger partial charge in [-0.15, -0.1) is 0 Å². The van der Waals surface area contributed by atoms with Crippen LogP contribution in [-0.4, -0.2) is 10.9 Å². The lowest BCUT2D eigenvalue weighted by atomic mass is 10.2. The van der Waals surface area contributed by atoms with Crippen LogP contribution in [0.3, 0.4) is 0 Å². The number of benzene rings is 2. The van der Waals surface area contributed by atoms with E-state index in [2.05, 4.69) is 10.3 Å². The quantitative estimate of drug-likeness (QED) is 0.713. The van der Waals surface area contributed by atoms with Crippen LogP contribution < -0.4 is 5.32 Å². The van der Waals surface area contributed by atoms with Crippen LogP contribution in [0.15, 0.2) is 36.4 Å². The summed E-state index contributed by atoms with van der Waals surface area (Å²) in [4.78, 5) is 16.2. The predicted molar refractivity (Wildman–Crippen MR) is 84.0 cm³/mol. The van der Waals surface area contributed by atoms with Gasteiger partial charge < -0.3 is 0 Å². The summed E-state index contributed by atoms with van der Waals surface area (Å²) in [6.07, 6.45) is 0. The Bertz CT molecular complexity index is 811. The van der Waals surface area contributed by atoms with Crippen molar-refractivity contribution >= 4 is 55.8 Å². The lowest BCUT2D eigenvalue weighted by molar-refractivity contribution is 0.102. The SMILES string of the molecule is O=C(Nc1nc2c(Cl)ccc(Cl)c2s1)c1ccccc1F. The number of thiazole rings is 1. The topological polar surface area (TPSA) is 42.0 Å². The van der Waals surface area contributed by atoms with Crippen LogP contribution in [0.4, 0.5) is 9.52 Å². The summed E-state index contributed by atoms with van der Waals surface area (Å²) in [5.74, 6) is -1.16. The minimum absolute atomic E-state index is 0.0473. The van der Waals surface area contributed by atoms with Crippen molar-refractivity contribution in [1.82, 2.24) is 4.98 Å². The van der Waals surface area contributed by atoms with Crippen LogP contribution in [0.25, 0.3) is 10.2 Å². The molecule has 21 heavy (non-hydrogen) atoms. The molecule has 0 aliphatic rings. The first kappa shape index (κ1) is 14.3. The van der Waals surface area contributed by atoms with Gasteiger partial charge in [0.2, 0.25) is 0 Å². The van der Waals surface area contributed by atoms with E-state index in [1.165, 1.54) is 29.5 Å². The molecule has 0 saturated heterocycles. The van der Waals surface area contributed by atoms with Crippen LogP contribution in [-0.2, 0) is 0 Å². The van der Waals surface area contributed by atoms with Crippen LogP contribution in [0.1, 0.15) is 10.4 Å². The highest BCUT2D eigenvalue weighted by atomic mass is 35.5. The number of carbonyl (C=O) groups is 1. The zero-order chi connectivity index (χ0) is 15.0. The molecule has 0 saturated carbocycles. The molecular formula is C14H7Cl2FN2OS. The second kappa shape index (κ2) is 5.60. The van der Waals surface area contributed by atoms with Crippen LogP contribution in [0.5, 0.6) is 0 Å². The van der Waals surface area contributed by atoms with Gasteiger partial charge in [0, 0.05) is 0 Å². The summed E-state index contributed by atoms with van der Waals surface area (Å²) < 4.78 is 14.2. The molecule has 2 aromatic carbocycles. The van der Waals surface area contributed by atoms with Crippen LogP contribution in [0.2, 0.25) is 10.0 Å². The first-order chi connectivity index (χ1) is 10.1. The molecule has 0 aliphatic carbocycles. The van der Waals surface area contributed by atoms with Crippen molar-refractivity contribution in [3.8, 4) is 0 Å². The van der Waals surface area contributed by atoms with Crippen LogP contribution >= 0.6 is 34.5 Å². The van der Waals surface area contributed by atoms with Gasteiger partial charge in [-0.05, 0) is 24.3 Å². The van der Waals surface area contributed by atoms with E-state index in [9.17, 15) is 9.18 Å². The summed E-state index contributed by atoms with van der Waals surface area (Å²) >= 11 is 13.3. The molecular weight excluding hydrogens is 334 g/mol. The number of nitrogens with zero attached hydrogens (tertiary/aromatic N) is 1. The second-order valence-corrected chi connectivity index (χ2v) is 5.97. The van der Waals surface area contributed by atoms with Gasteiger partial charge in [0.25, 0.3) is 5.91 Å². The molecule has 0 bridgehead atoms. The van der Waals surface area contributed by atoms with E-state index < -0.39 is 11.7 Å². The highest BCUT2D eigenvalue weighted by Gasteiger charge is 2.15. The fourth-order valence-corrected chi connectivity index (χ4v) is 3.22. The summed E-state index contributed by atoms with van der Waals surface area (Å²) in [6, 6.07) is 9.02. The maximum absolute atomic E-state index is 13.6. The molecule has 0 unspecified atom stereocenters. The molecule has 1 heterocycles. The summed E-state index contributed by atoms with van der Waals surface area (Å²) in [5.41, 5.74) is 0.465. The van der Waals surface area contributed by atoms with E-state index in [1.54, 1.807) is 18.2 Å². The number of aromatic nitrogens is 1. The zero-order valence-electron chi connectivity index (χ0n) is 10.4. The smallest absolute Gasteiger partial charge is 0.260 e. The third-order valence-corrected chi connectivity index (χ3v) is 4.52. The molecule has 0 spiro atoms. The Kier molecular flexibility index (Phi) is 3.80. The molecule has 106 valence electrons. The number of rotatable bonds is 2. The molecule has 0 atom stereocenters. The van der Waals surface area contributed by atoms with Crippen molar-refractivity contribution in [2.75, 3.05) is 5.32 Å². The molecule has 1 amide bonds. The second-order valence-electron chi connectivity index (χ2n) is 4.16. The molecule has 3 rings (SSSR count). The number of fused-ring (bicyclic) bond motifs is 1. The number of halogens is 3. The van der Waals surface area contributed by atoms with Gasteiger partial charge in [0.1, 0.15) is 11.3 Å². The lowest BCUT2D eigenvalue weighted by Crippen LogP contribution is -2.13. The predicted octanol–water partition coefficient (Wildman–Crippen LogP) is 4.99. The van der Waals surface area contributed by atoms with Crippen molar-refractivity contribution in [2.24, 2.45) is 0 Å². The van der Waals surface area contributed by atoms with E-state index in [1.807, 2.05) is 0 Å². The number of carbonyl (C=O) groups excluding carboxylic acids is 1. The van der Waals surface area contributed by atoms with Gasteiger partial charge in [-0.1, -0.05) is 46.7 Å². The zero-order valence-corrected chi connectivity index (χ0v) is 12.7. The number of nitrogens with one attached hydrogen (secondary N) is 1. The Labute approximate surface area is 133 Å². The summed E-state index contributed by atoms with van der Waals surface area (Å²) in [5, 5.41) is 3.81. The summed E-state index contributed by atoms with van der Waals surface area (Å²) in [7, 11) is 0. The average Bonchev–Trinajstić information content (AvgIpc) is 2.88. The monoisotopic (exact) mass is 340 g/mol. The number of amides is 1. The fraction of sp³-hybridized carbons (Fsp3) is 0. The van der Waals surface area contributed by atoms with Crippen molar-refractivity contribution in [2.45, 2.75) is 0 Å². The largest absolute Gasteiger partial charge is 0.298 e. The Morgan fingerprint density at radius 1 is 1.14 bits per heavy atom. The molecule has 1 aromatic heterocycles.